The van der Waals surface area contributed by atoms with Crippen LogP contribution in [-0.2, 0) is 4.79 Å². The van der Waals surface area contributed by atoms with Crippen LogP contribution < -0.4 is 5.32 Å². The molecule has 1 saturated heterocycles. The summed E-state index contributed by atoms with van der Waals surface area (Å²) in [6, 6.07) is 4.17. The number of carbonyl (C=O) groups excluding carboxylic acids is 1. The van der Waals surface area contributed by atoms with E-state index in [1.165, 1.54) is 0 Å². The molecule has 0 radical (unpaired) electrons. The normalized spacial score (nSPS) is 17.7. The monoisotopic (exact) mass is 298 g/mol. The summed E-state index contributed by atoms with van der Waals surface area (Å²) in [4.78, 5) is 17.4. The Morgan fingerprint density at radius 1 is 1.65 bits per heavy atom. The molecule has 1 amide bonds. The zero-order chi connectivity index (χ0) is 13.0. The van der Waals surface area contributed by atoms with Gasteiger partial charge in [0.15, 0.2) is 0 Å². The van der Waals surface area contributed by atoms with Crippen molar-refractivity contribution in [3.05, 3.63) is 22.8 Å². The Labute approximate surface area is 111 Å². The fourth-order valence-electron chi connectivity index (χ4n) is 1.96. The molecule has 0 aromatic carbocycles. The van der Waals surface area contributed by atoms with E-state index in [0.29, 0.717) is 6.04 Å². The number of nitrogens with one attached hydrogen (secondary N) is 1. The third kappa shape index (κ3) is 3.19. The van der Waals surface area contributed by atoms with Crippen molar-refractivity contribution in [3.63, 3.8) is 0 Å². The Balaban J connectivity index is 1.87. The number of rotatable bonds is 2. The van der Waals surface area contributed by atoms with Gasteiger partial charge >= 0.3 is 0 Å². The van der Waals surface area contributed by atoms with E-state index in [0.717, 1.165) is 36.2 Å². The minimum absolute atomic E-state index is 0.0764. The lowest BCUT2D eigenvalue weighted by atomic mass is 10.1. The summed E-state index contributed by atoms with van der Waals surface area (Å²) in [6.45, 7) is 1.30. The highest BCUT2D eigenvalue weighted by molar-refractivity contribution is 9.10. The summed E-state index contributed by atoms with van der Waals surface area (Å²) in [7, 11) is 0. The molecule has 17 heavy (non-hydrogen) atoms. The zero-order valence-electron chi connectivity index (χ0n) is 10.5. The minimum Gasteiger partial charge on any atom is -0.366 e. The number of halogens is 1. The molecular formula is C12H16BrN3O. The van der Waals surface area contributed by atoms with Gasteiger partial charge in [0.1, 0.15) is 5.82 Å². The number of piperidine rings is 1. The SMILES string of the molecule is [2H]CC(=O)N1CCC(Nc2ncccc2Br)CC1. The summed E-state index contributed by atoms with van der Waals surface area (Å²) in [5, 5.41) is 3.38. The van der Waals surface area contributed by atoms with Gasteiger partial charge in [-0.1, -0.05) is 0 Å². The smallest absolute Gasteiger partial charge is 0.219 e. The first-order chi connectivity index (χ1) is 8.70. The van der Waals surface area contributed by atoms with E-state index in [2.05, 4.69) is 26.2 Å². The van der Waals surface area contributed by atoms with Crippen LogP contribution in [0.25, 0.3) is 0 Å². The molecule has 0 saturated carbocycles. The molecule has 1 aromatic rings. The fourth-order valence-corrected chi connectivity index (χ4v) is 2.33. The molecule has 1 aromatic heterocycles. The summed E-state index contributed by atoms with van der Waals surface area (Å²) in [6.07, 6.45) is 3.55. The fraction of sp³-hybridized carbons (Fsp3) is 0.500. The molecule has 0 bridgehead atoms. The molecule has 1 fully saturated rings. The van der Waals surface area contributed by atoms with Crippen LogP contribution in [0, 0.1) is 0 Å². The maximum Gasteiger partial charge on any atom is 0.219 e. The highest BCUT2D eigenvalue weighted by Gasteiger charge is 2.21. The Morgan fingerprint density at radius 2 is 2.41 bits per heavy atom. The maximum atomic E-state index is 11.4. The molecule has 92 valence electrons. The molecule has 2 heterocycles. The first-order valence-corrected chi connectivity index (χ1v) is 6.44. The molecule has 0 spiro atoms. The number of aromatic nitrogens is 1. The number of anilines is 1. The van der Waals surface area contributed by atoms with Crippen molar-refractivity contribution in [1.29, 1.82) is 0 Å². The number of hydrogen-bond donors (Lipinski definition) is 1. The summed E-state index contributed by atoms with van der Waals surface area (Å²) in [5.74, 6) is 0.773. The predicted molar refractivity (Wildman–Crippen MR) is 70.8 cm³/mol. The first kappa shape index (κ1) is 11.0. The van der Waals surface area contributed by atoms with E-state index in [-0.39, 0.29) is 12.8 Å². The third-order valence-electron chi connectivity index (χ3n) is 2.95. The third-order valence-corrected chi connectivity index (χ3v) is 3.59. The average molecular weight is 299 g/mol. The van der Waals surface area contributed by atoms with Gasteiger partial charge in [0.25, 0.3) is 0 Å². The number of hydrogen-bond acceptors (Lipinski definition) is 3. The van der Waals surface area contributed by atoms with Gasteiger partial charge in [-0.3, -0.25) is 4.79 Å². The van der Waals surface area contributed by atoms with Gasteiger partial charge in [-0.25, -0.2) is 4.98 Å². The summed E-state index contributed by atoms with van der Waals surface area (Å²) < 4.78 is 8.03. The second-order valence-corrected chi connectivity index (χ2v) is 4.99. The second-order valence-electron chi connectivity index (χ2n) is 4.13. The predicted octanol–water partition coefficient (Wildman–Crippen LogP) is 2.27. The Hall–Kier alpha value is -1.10. The number of amides is 1. The molecule has 4 nitrogen and oxygen atoms in total. The summed E-state index contributed by atoms with van der Waals surface area (Å²) >= 11 is 3.46. The molecule has 1 aliphatic rings. The van der Waals surface area contributed by atoms with Crippen LogP contribution in [0.3, 0.4) is 0 Å². The standard InChI is InChI=1S/C12H16BrN3O/c1-9(17)16-7-4-10(5-8-16)15-12-11(13)3-2-6-14-12/h2-3,6,10H,4-5,7-8H2,1H3,(H,14,15)/i1D. The molecule has 5 heteroatoms. The largest absolute Gasteiger partial charge is 0.366 e. The van der Waals surface area contributed by atoms with Crippen molar-refractivity contribution in [1.82, 2.24) is 9.88 Å². The van der Waals surface area contributed by atoms with Crippen LogP contribution in [0.1, 0.15) is 21.1 Å². The number of likely N-dealkylation sites (tertiary alicyclic amines) is 1. The Bertz CT molecular complexity index is 422. The van der Waals surface area contributed by atoms with Crippen molar-refractivity contribution < 1.29 is 6.17 Å². The van der Waals surface area contributed by atoms with Crippen LogP contribution >= 0.6 is 15.9 Å². The van der Waals surface area contributed by atoms with Gasteiger partial charge < -0.3 is 10.2 Å². The van der Waals surface area contributed by atoms with Gasteiger partial charge in [-0.2, -0.15) is 0 Å². The van der Waals surface area contributed by atoms with Crippen LogP contribution in [0.4, 0.5) is 5.82 Å². The van der Waals surface area contributed by atoms with Crippen molar-refractivity contribution >= 4 is 27.7 Å². The van der Waals surface area contributed by atoms with Gasteiger partial charge in [0.05, 0.1) is 4.47 Å². The molecule has 1 aliphatic heterocycles. The van der Waals surface area contributed by atoms with Crippen molar-refractivity contribution in [2.24, 2.45) is 0 Å². The summed E-state index contributed by atoms with van der Waals surface area (Å²) in [5.41, 5.74) is 0. The van der Waals surface area contributed by atoms with E-state index in [9.17, 15) is 4.79 Å². The van der Waals surface area contributed by atoms with Crippen LogP contribution in [0.2, 0.25) is 0 Å². The number of pyridine rings is 1. The highest BCUT2D eigenvalue weighted by atomic mass is 79.9. The van der Waals surface area contributed by atoms with E-state index >= 15 is 0 Å². The van der Waals surface area contributed by atoms with Crippen LogP contribution in [-0.4, -0.2) is 34.9 Å². The van der Waals surface area contributed by atoms with Crippen molar-refractivity contribution in [2.45, 2.75) is 25.8 Å². The number of nitrogens with zero attached hydrogens (tertiary/aromatic N) is 2. The Kier molecular flexibility index (Phi) is 3.56. The molecular weight excluding hydrogens is 282 g/mol. The lowest BCUT2D eigenvalue weighted by molar-refractivity contribution is -0.129. The van der Waals surface area contributed by atoms with E-state index in [4.69, 9.17) is 1.37 Å². The first-order valence-electron chi connectivity index (χ1n) is 6.35. The minimum atomic E-state index is -0.149. The lowest BCUT2D eigenvalue weighted by Crippen LogP contribution is -2.41. The van der Waals surface area contributed by atoms with E-state index < -0.39 is 0 Å². The van der Waals surface area contributed by atoms with Crippen molar-refractivity contribution in [2.75, 3.05) is 18.4 Å². The molecule has 0 unspecified atom stereocenters. The quantitative estimate of drug-likeness (QED) is 0.911. The molecule has 1 N–H and O–H groups in total. The van der Waals surface area contributed by atoms with E-state index in [1.807, 2.05) is 12.1 Å². The Morgan fingerprint density at radius 3 is 3.06 bits per heavy atom. The van der Waals surface area contributed by atoms with Gasteiger partial charge in [0, 0.05) is 33.6 Å². The lowest BCUT2D eigenvalue weighted by Gasteiger charge is -2.32. The topological polar surface area (TPSA) is 45.2 Å². The maximum absolute atomic E-state index is 11.4. The molecule has 2 rings (SSSR count). The highest BCUT2D eigenvalue weighted by Crippen LogP contribution is 2.22. The second kappa shape index (κ2) is 5.49. The molecule has 0 aliphatic carbocycles. The van der Waals surface area contributed by atoms with E-state index in [1.54, 1.807) is 11.1 Å². The van der Waals surface area contributed by atoms with Gasteiger partial charge in [-0.05, 0) is 40.9 Å². The number of carbonyl (C=O) groups is 1. The van der Waals surface area contributed by atoms with Gasteiger partial charge in [0.2, 0.25) is 5.91 Å². The van der Waals surface area contributed by atoms with Crippen LogP contribution in [0.15, 0.2) is 22.8 Å². The average Bonchev–Trinajstić information content (AvgIpc) is 2.41. The van der Waals surface area contributed by atoms with Crippen LogP contribution in [0.5, 0.6) is 0 Å². The van der Waals surface area contributed by atoms with Gasteiger partial charge in [-0.15, -0.1) is 0 Å². The van der Waals surface area contributed by atoms with Crippen molar-refractivity contribution in [3.8, 4) is 0 Å². The molecule has 0 atom stereocenters. The zero-order valence-corrected chi connectivity index (χ0v) is 11.1.